The molecule has 0 atom stereocenters. The molecule has 1 heterocycles. The summed E-state index contributed by atoms with van der Waals surface area (Å²) in [5, 5.41) is 12.2. The molecular weight excluding hydrogens is 360 g/mol. The van der Waals surface area contributed by atoms with Crippen molar-refractivity contribution in [2.45, 2.75) is 25.5 Å². The molecular formula is C20H22N4O2S. The van der Waals surface area contributed by atoms with E-state index in [-0.39, 0.29) is 11.7 Å². The summed E-state index contributed by atoms with van der Waals surface area (Å²) >= 11 is 1.38. The highest BCUT2D eigenvalue weighted by atomic mass is 32.2. The number of hydrogen-bond acceptors (Lipinski definition) is 5. The van der Waals surface area contributed by atoms with E-state index in [9.17, 15) is 4.79 Å². The first-order valence-corrected chi connectivity index (χ1v) is 9.84. The van der Waals surface area contributed by atoms with Crippen LogP contribution >= 0.6 is 11.8 Å². The predicted octanol–water partition coefficient (Wildman–Crippen LogP) is 4.09. The van der Waals surface area contributed by atoms with Gasteiger partial charge in [-0.2, -0.15) is 0 Å². The third kappa shape index (κ3) is 4.89. The summed E-state index contributed by atoms with van der Waals surface area (Å²) in [6, 6.07) is 17.2. The lowest BCUT2D eigenvalue weighted by Gasteiger charge is -2.08. The number of amides is 1. The Balaban J connectivity index is 1.67. The van der Waals surface area contributed by atoms with E-state index < -0.39 is 0 Å². The molecule has 0 aliphatic heterocycles. The Morgan fingerprint density at radius 2 is 1.81 bits per heavy atom. The molecule has 1 aromatic heterocycles. The number of thioether (sulfide) groups is 1. The molecule has 0 saturated carbocycles. The van der Waals surface area contributed by atoms with Crippen LogP contribution in [0.25, 0.3) is 11.4 Å². The number of para-hydroxylation sites is 1. The number of carbonyl (C=O) groups is 1. The minimum atomic E-state index is -0.0699. The zero-order valence-corrected chi connectivity index (χ0v) is 16.2. The number of ether oxygens (including phenoxy) is 1. The van der Waals surface area contributed by atoms with Gasteiger partial charge in [0.2, 0.25) is 5.91 Å². The van der Waals surface area contributed by atoms with Crippen molar-refractivity contribution in [2.75, 3.05) is 17.7 Å². The maximum Gasteiger partial charge on any atom is 0.234 e. The second-order valence-electron chi connectivity index (χ2n) is 5.71. The number of nitrogens with one attached hydrogen (secondary N) is 1. The number of nitrogens with zero attached hydrogens (tertiary/aromatic N) is 3. The Morgan fingerprint density at radius 1 is 1.07 bits per heavy atom. The average molecular weight is 382 g/mol. The number of carbonyl (C=O) groups excluding carboxylic acids is 1. The van der Waals surface area contributed by atoms with Gasteiger partial charge < -0.3 is 14.6 Å². The molecule has 0 spiro atoms. The van der Waals surface area contributed by atoms with Crippen LogP contribution in [-0.4, -0.2) is 33.0 Å². The van der Waals surface area contributed by atoms with Gasteiger partial charge in [0.15, 0.2) is 11.0 Å². The van der Waals surface area contributed by atoms with Gasteiger partial charge >= 0.3 is 0 Å². The molecule has 0 aliphatic rings. The Morgan fingerprint density at radius 3 is 2.48 bits per heavy atom. The van der Waals surface area contributed by atoms with Crippen LogP contribution in [0.1, 0.15) is 13.8 Å². The molecule has 0 saturated heterocycles. The molecule has 7 heteroatoms. The van der Waals surface area contributed by atoms with Crippen molar-refractivity contribution in [3.8, 4) is 17.1 Å². The minimum absolute atomic E-state index is 0.0699. The summed E-state index contributed by atoms with van der Waals surface area (Å²) in [5.74, 6) is 1.82. The largest absolute Gasteiger partial charge is 0.494 e. The van der Waals surface area contributed by atoms with Gasteiger partial charge in [0.05, 0.1) is 12.4 Å². The lowest BCUT2D eigenvalue weighted by molar-refractivity contribution is -0.113. The normalized spacial score (nSPS) is 10.6. The number of rotatable bonds is 8. The minimum Gasteiger partial charge on any atom is -0.494 e. The van der Waals surface area contributed by atoms with Crippen LogP contribution in [0.5, 0.6) is 5.75 Å². The molecule has 0 radical (unpaired) electrons. The van der Waals surface area contributed by atoms with Crippen molar-refractivity contribution in [1.29, 1.82) is 0 Å². The van der Waals surface area contributed by atoms with Crippen LogP contribution in [-0.2, 0) is 11.3 Å². The quantitative estimate of drug-likeness (QED) is 0.594. The maximum absolute atomic E-state index is 12.2. The molecule has 0 unspecified atom stereocenters. The van der Waals surface area contributed by atoms with Crippen LogP contribution in [0.4, 0.5) is 5.69 Å². The number of hydrogen-bond donors (Lipinski definition) is 1. The van der Waals surface area contributed by atoms with Crippen molar-refractivity contribution < 1.29 is 9.53 Å². The second-order valence-corrected chi connectivity index (χ2v) is 6.65. The molecule has 0 aliphatic carbocycles. The van der Waals surface area contributed by atoms with E-state index in [4.69, 9.17) is 4.74 Å². The Kier molecular flexibility index (Phi) is 6.49. The van der Waals surface area contributed by atoms with Crippen LogP contribution < -0.4 is 10.1 Å². The van der Waals surface area contributed by atoms with Gasteiger partial charge in [0, 0.05) is 17.8 Å². The van der Waals surface area contributed by atoms with E-state index in [0.29, 0.717) is 6.61 Å². The molecule has 27 heavy (non-hydrogen) atoms. The molecule has 6 nitrogen and oxygen atoms in total. The number of anilines is 1. The van der Waals surface area contributed by atoms with Crippen molar-refractivity contribution in [3.63, 3.8) is 0 Å². The van der Waals surface area contributed by atoms with E-state index in [0.717, 1.165) is 34.5 Å². The molecule has 2 aromatic carbocycles. The Hall–Kier alpha value is -2.80. The summed E-state index contributed by atoms with van der Waals surface area (Å²) in [7, 11) is 0. The summed E-state index contributed by atoms with van der Waals surface area (Å²) in [5.41, 5.74) is 1.75. The van der Waals surface area contributed by atoms with Gasteiger partial charge in [-0.3, -0.25) is 4.79 Å². The highest BCUT2D eigenvalue weighted by Gasteiger charge is 2.14. The van der Waals surface area contributed by atoms with Crippen LogP contribution in [0, 0.1) is 0 Å². The zero-order chi connectivity index (χ0) is 19.1. The monoisotopic (exact) mass is 382 g/mol. The second kappa shape index (κ2) is 9.23. The topological polar surface area (TPSA) is 69.0 Å². The van der Waals surface area contributed by atoms with Crippen LogP contribution in [0.2, 0.25) is 0 Å². The molecule has 140 valence electrons. The van der Waals surface area contributed by atoms with E-state index >= 15 is 0 Å². The van der Waals surface area contributed by atoms with Gasteiger partial charge in [-0.1, -0.05) is 30.0 Å². The predicted molar refractivity (Wildman–Crippen MR) is 108 cm³/mol. The smallest absolute Gasteiger partial charge is 0.234 e. The van der Waals surface area contributed by atoms with E-state index in [2.05, 4.69) is 15.5 Å². The fourth-order valence-electron chi connectivity index (χ4n) is 2.61. The van der Waals surface area contributed by atoms with Gasteiger partial charge in [-0.05, 0) is 50.2 Å². The molecule has 0 fully saturated rings. The highest BCUT2D eigenvalue weighted by Crippen LogP contribution is 2.25. The standard InChI is InChI=1S/C20H22N4O2S/c1-3-24-19(15-10-12-17(13-11-15)26-4-2)22-23-20(24)27-14-18(25)21-16-8-6-5-7-9-16/h5-13H,3-4,14H2,1-2H3,(H,21,25). The third-order valence-electron chi connectivity index (χ3n) is 3.85. The van der Waals surface area contributed by atoms with E-state index in [1.54, 1.807) is 0 Å². The van der Waals surface area contributed by atoms with E-state index in [1.807, 2.05) is 73.0 Å². The molecule has 3 aromatic rings. The SMILES string of the molecule is CCOc1ccc(-c2nnc(SCC(=O)Nc3ccccc3)n2CC)cc1. The third-order valence-corrected chi connectivity index (χ3v) is 4.81. The molecule has 1 amide bonds. The summed E-state index contributed by atoms with van der Waals surface area (Å²) in [6.45, 7) is 5.35. The molecule has 0 bridgehead atoms. The summed E-state index contributed by atoms with van der Waals surface area (Å²) in [4.78, 5) is 12.2. The van der Waals surface area contributed by atoms with Crippen molar-refractivity contribution in [1.82, 2.24) is 14.8 Å². The summed E-state index contributed by atoms with van der Waals surface area (Å²) in [6.07, 6.45) is 0. The zero-order valence-electron chi connectivity index (χ0n) is 15.4. The first kappa shape index (κ1) is 19.0. The molecule has 1 N–H and O–H groups in total. The van der Waals surface area contributed by atoms with Gasteiger partial charge in [-0.15, -0.1) is 10.2 Å². The lowest BCUT2D eigenvalue weighted by atomic mass is 10.2. The van der Waals surface area contributed by atoms with Crippen molar-refractivity contribution >= 4 is 23.4 Å². The maximum atomic E-state index is 12.2. The van der Waals surface area contributed by atoms with Crippen molar-refractivity contribution in [2.24, 2.45) is 0 Å². The van der Waals surface area contributed by atoms with Gasteiger partial charge in [-0.25, -0.2) is 0 Å². The first-order valence-electron chi connectivity index (χ1n) is 8.85. The number of aromatic nitrogens is 3. The Labute approximate surface area is 163 Å². The first-order chi connectivity index (χ1) is 13.2. The fourth-order valence-corrected chi connectivity index (χ4v) is 3.41. The molecule has 3 rings (SSSR count). The van der Waals surface area contributed by atoms with Gasteiger partial charge in [0.1, 0.15) is 5.75 Å². The average Bonchev–Trinajstić information content (AvgIpc) is 3.11. The lowest BCUT2D eigenvalue weighted by Crippen LogP contribution is -2.14. The van der Waals surface area contributed by atoms with Crippen molar-refractivity contribution in [3.05, 3.63) is 54.6 Å². The van der Waals surface area contributed by atoms with Gasteiger partial charge in [0.25, 0.3) is 0 Å². The van der Waals surface area contributed by atoms with Crippen LogP contribution in [0.15, 0.2) is 59.8 Å². The highest BCUT2D eigenvalue weighted by molar-refractivity contribution is 7.99. The van der Waals surface area contributed by atoms with Crippen LogP contribution in [0.3, 0.4) is 0 Å². The Bertz CT molecular complexity index is 879. The number of benzene rings is 2. The summed E-state index contributed by atoms with van der Waals surface area (Å²) < 4.78 is 7.49. The fraction of sp³-hybridized carbons (Fsp3) is 0.250. The van der Waals surface area contributed by atoms with E-state index in [1.165, 1.54) is 11.8 Å².